The van der Waals surface area contributed by atoms with Gasteiger partial charge in [-0.05, 0) is 43.1 Å². The van der Waals surface area contributed by atoms with Crippen LogP contribution in [0.5, 0.6) is 0 Å². The van der Waals surface area contributed by atoms with Crippen LogP contribution in [0.25, 0.3) is 0 Å². The first-order valence-corrected chi connectivity index (χ1v) is 6.64. The lowest BCUT2D eigenvalue weighted by Gasteiger charge is -2.14. The minimum atomic E-state index is 0.671. The molecule has 0 spiro atoms. The van der Waals surface area contributed by atoms with Crippen molar-refractivity contribution in [3.8, 4) is 0 Å². The molecule has 0 atom stereocenters. The Kier molecular flexibility index (Phi) is 4.39. The number of rotatable bonds is 6. The van der Waals surface area contributed by atoms with Gasteiger partial charge in [-0.2, -0.15) is 4.98 Å². The van der Waals surface area contributed by atoms with Crippen molar-refractivity contribution in [2.45, 2.75) is 26.7 Å². The summed E-state index contributed by atoms with van der Waals surface area (Å²) in [5, 5.41) is 4.00. The number of hydrogen-bond donors (Lipinski definition) is 1. The molecular formula is C14H20N4O. The Hall–Kier alpha value is -2.04. The summed E-state index contributed by atoms with van der Waals surface area (Å²) in [6.45, 7) is 5.91. The maximum atomic E-state index is 5.75. The van der Waals surface area contributed by atoms with Gasteiger partial charge in [0, 0.05) is 25.2 Å². The van der Waals surface area contributed by atoms with E-state index in [1.165, 1.54) is 5.56 Å². The molecule has 1 aromatic carbocycles. The summed E-state index contributed by atoms with van der Waals surface area (Å²) in [4.78, 5) is 6.47. The van der Waals surface area contributed by atoms with Gasteiger partial charge in [-0.1, -0.05) is 12.1 Å². The van der Waals surface area contributed by atoms with Gasteiger partial charge in [0.25, 0.3) is 5.95 Å². The molecule has 0 unspecified atom stereocenters. The van der Waals surface area contributed by atoms with Crippen LogP contribution < -0.4 is 10.6 Å². The van der Waals surface area contributed by atoms with Crippen molar-refractivity contribution in [3.63, 3.8) is 0 Å². The number of nitrogen functional groups attached to an aromatic ring is 1. The van der Waals surface area contributed by atoms with Gasteiger partial charge >= 0.3 is 0 Å². The van der Waals surface area contributed by atoms with Crippen LogP contribution in [0.2, 0.25) is 0 Å². The first kappa shape index (κ1) is 13.4. The molecule has 0 aliphatic heterocycles. The first-order valence-electron chi connectivity index (χ1n) is 6.64. The summed E-state index contributed by atoms with van der Waals surface area (Å²) in [5.74, 6) is 1.34. The minimum Gasteiger partial charge on any atom is -0.399 e. The highest BCUT2D eigenvalue weighted by Gasteiger charge is 2.11. The molecule has 0 saturated carbocycles. The summed E-state index contributed by atoms with van der Waals surface area (Å²) in [7, 11) is 0. The zero-order valence-corrected chi connectivity index (χ0v) is 11.5. The van der Waals surface area contributed by atoms with Crippen LogP contribution in [0.15, 0.2) is 28.8 Å². The van der Waals surface area contributed by atoms with E-state index in [2.05, 4.69) is 35.0 Å². The van der Waals surface area contributed by atoms with Gasteiger partial charge in [-0.15, -0.1) is 0 Å². The van der Waals surface area contributed by atoms with Gasteiger partial charge in [-0.25, -0.2) is 0 Å². The van der Waals surface area contributed by atoms with E-state index in [-0.39, 0.29) is 0 Å². The number of nitrogens with zero attached hydrogens (tertiary/aromatic N) is 3. The molecule has 0 bridgehead atoms. The molecule has 2 rings (SSSR count). The number of benzene rings is 1. The molecule has 5 nitrogen and oxygen atoms in total. The Labute approximate surface area is 113 Å². The van der Waals surface area contributed by atoms with E-state index in [4.69, 9.17) is 10.3 Å². The fourth-order valence-corrected chi connectivity index (χ4v) is 1.98. The molecule has 0 radical (unpaired) electrons. The zero-order chi connectivity index (χ0) is 13.7. The maximum absolute atomic E-state index is 5.75. The van der Waals surface area contributed by atoms with Gasteiger partial charge < -0.3 is 15.2 Å². The second-order valence-electron chi connectivity index (χ2n) is 4.41. The van der Waals surface area contributed by atoms with Crippen molar-refractivity contribution in [1.29, 1.82) is 0 Å². The molecule has 2 aromatic rings. The molecule has 1 heterocycles. The third-order valence-electron chi connectivity index (χ3n) is 3.08. The third kappa shape index (κ3) is 3.47. The van der Waals surface area contributed by atoms with E-state index in [0.29, 0.717) is 11.8 Å². The molecule has 2 N–H and O–H groups in total. The van der Waals surface area contributed by atoms with Gasteiger partial charge in [0.15, 0.2) is 0 Å². The zero-order valence-electron chi connectivity index (χ0n) is 11.5. The summed E-state index contributed by atoms with van der Waals surface area (Å²) in [6.07, 6.45) is 1.59. The quantitative estimate of drug-likeness (QED) is 0.807. The Morgan fingerprint density at radius 2 is 2.00 bits per heavy atom. The average molecular weight is 260 g/mol. The molecule has 1 aromatic heterocycles. The highest BCUT2D eigenvalue weighted by Crippen LogP contribution is 2.12. The second-order valence-corrected chi connectivity index (χ2v) is 4.41. The van der Waals surface area contributed by atoms with E-state index in [1.54, 1.807) is 0 Å². The fraction of sp³-hybridized carbons (Fsp3) is 0.429. The molecule has 19 heavy (non-hydrogen) atoms. The normalized spacial score (nSPS) is 10.6. The monoisotopic (exact) mass is 260 g/mol. The topological polar surface area (TPSA) is 68.2 Å². The maximum Gasteiger partial charge on any atom is 0.266 e. The van der Waals surface area contributed by atoms with Crippen molar-refractivity contribution < 1.29 is 4.52 Å². The number of aromatic nitrogens is 2. The molecular weight excluding hydrogens is 240 g/mol. The molecule has 0 amide bonds. The Balaban J connectivity index is 1.97. The molecule has 0 saturated heterocycles. The van der Waals surface area contributed by atoms with Crippen molar-refractivity contribution in [1.82, 2.24) is 10.1 Å². The standard InChI is InChI=1S/C14H20N4O/c1-3-18(4-2)14-16-13(19-17-14)9-8-11-6-5-7-12(15)10-11/h5-7,10H,3-4,8-9,15H2,1-2H3. The predicted molar refractivity (Wildman–Crippen MR) is 76.1 cm³/mol. The summed E-state index contributed by atoms with van der Waals surface area (Å²) < 4.78 is 5.27. The Morgan fingerprint density at radius 3 is 2.68 bits per heavy atom. The molecule has 0 fully saturated rings. The lowest BCUT2D eigenvalue weighted by molar-refractivity contribution is 0.377. The molecule has 102 valence electrons. The average Bonchev–Trinajstić information content (AvgIpc) is 2.87. The van der Waals surface area contributed by atoms with Crippen molar-refractivity contribution >= 4 is 11.6 Å². The van der Waals surface area contributed by atoms with E-state index in [1.807, 2.05) is 18.2 Å². The van der Waals surface area contributed by atoms with Gasteiger partial charge in [-0.3, -0.25) is 0 Å². The lowest BCUT2D eigenvalue weighted by atomic mass is 10.1. The van der Waals surface area contributed by atoms with Crippen LogP contribution >= 0.6 is 0 Å². The molecule has 0 aliphatic carbocycles. The van der Waals surface area contributed by atoms with E-state index < -0.39 is 0 Å². The largest absolute Gasteiger partial charge is 0.399 e. The third-order valence-corrected chi connectivity index (χ3v) is 3.08. The summed E-state index contributed by atoms with van der Waals surface area (Å²) in [5.41, 5.74) is 7.72. The lowest BCUT2D eigenvalue weighted by Crippen LogP contribution is -2.22. The Morgan fingerprint density at radius 1 is 1.21 bits per heavy atom. The summed E-state index contributed by atoms with van der Waals surface area (Å²) in [6, 6.07) is 7.87. The number of hydrogen-bond acceptors (Lipinski definition) is 5. The Bertz CT molecular complexity index is 520. The van der Waals surface area contributed by atoms with Gasteiger partial charge in [0.2, 0.25) is 5.89 Å². The van der Waals surface area contributed by atoms with Crippen molar-refractivity contribution in [2.24, 2.45) is 0 Å². The highest BCUT2D eigenvalue weighted by atomic mass is 16.5. The smallest absolute Gasteiger partial charge is 0.266 e. The second kappa shape index (κ2) is 6.22. The van der Waals surface area contributed by atoms with E-state index >= 15 is 0 Å². The minimum absolute atomic E-state index is 0.671. The first-order chi connectivity index (χ1) is 9.22. The van der Waals surface area contributed by atoms with Crippen LogP contribution in [0, 0.1) is 0 Å². The van der Waals surface area contributed by atoms with Crippen LogP contribution in [0.3, 0.4) is 0 Å². The van der Waals surface area contributed by atoms with Crippen LogP contribution in [0.4, 0.5) is 11.6 Å². The molecule has 0 aliphatic rings. The van der Waals surface area contributed by atoms with E-state index in [0.717, 1.165) is 31.6 Å². The van der Waals surface area contributed by atoms with Crippen LogP contribution in [-0.2, 0) is 12.8 Å². The van der Waals surface area contributed by atoms with Gasteiger partial charge in [0.1, 0.15) is 0 Å². The SMILES string of the molecule is CCN(CC)c1noc(CCc2cccc(N)c2)n1. The highest BCUT2D eigenvalue weighted by molar-refractivity contribution is 5.40. The van der Waals surface area contributed by atoms with Crippen molar-refractivity contribution in [3.05, 3.63) is 35.7 Å². The van der Waals surface area contributed by atoms with Crippen LogP contribution in [-0.4, -0.2) is 23.2 Å². The fourth-order valence-electron chi connectivity index (χ4n) is 1.98. The molecule has 5 heteroatoms. The summed E-state index contributed by atoms with van der Waals surface area (Å²) >= 11 is 0. The number of anilines is 2. The number of nitrogens with two attached hydrogens (primary N) is 1. The van der Waals surface area contributed by atoms with Crippen molar-refractivity contribution in [2.75, 3.05) is 23.7 Å². The number of aryl methyl sites for hydroxylation is 2. The van der Waals surface area contributed by atoms with Crippen LogP contribution in [0.1, 0.15) is 25.3 Å². The van der Waals surface area contributed by atoms with Gasteiger partial charge in [0.05, 0.1) is 0 Å². The van der Waals surface area contributed by atoms with E-state index in [9.17, 15) is 0 Å². The predicted octanol–water partition coefficient (Wildman–Crippen LogP) is 2.28.